The van der Waals surface area contributed by atoms with Gasteiger partial charge in [-0.1, -0.05) is 0 Å². The van der Waals surface area contributed by atoms with E-state index in [4.69, 9.17) is 9.47 Å². The Labute approximate surface area is 136 Å². The number of benzene rings is 1. The molecular formula is C16H22FNO4S. The van der Waals surface area contributed by atoms with Gasteiger partial charge in [0.15, 0.2) is 11.6 Å². The van der Waals surface area contributed by atoms with Crippen molar-refractivity contribution in [2.24, 2.45) is 5.92 Å². The number of sulfonamides is 1. The number of halogens is 1. The lowest BCUT2D eigenvalue weighted by Gasteiger charge is -2.17. The van der Waals surface area contributed by atoms with Crippen LogP contribution >= 0.6 is 0 Å². The van der Waals surface area contributed by atoms with Crippen molar-refractivity contribution < 1.29 is 22.3 Å². The zero-order valence-corrected chi connectivity index (χ0v) is 14.0. The second-order valence-corrected chi connectivity index (χ2v) is 8.01. The van der Waals surface area contributed by atoms with Crippen molar-refractivity contribution in [3.63, 3.8) is 0 Å². The van der Waals surface area contributed by atoms with Gasteiger partial charge in [0.25, 0.3) is 0 Å². The van der Waals surface area contributed by atoms with Crippen molar-refractivity contribution in [1.29, 1.82) is 0 Å². The second kappa shape index (κ2) is 6.75. The normalized spacial score (nSPS) is 22.4. The molecule has 1 unspecified atom stereocenters. The molecule has 0 radical (unpaired) electrons. The largest absolute Gasteiger partial charge is 0.491 e. The van der Waals surface area contributed by atoms with Crippen LogP contribution in [0.25, 0.3) is 0 Å². The minimum absolute atomic E-state index is 0.0405. The first-order valence-corrected chi connectivity index (χ1v) is 9.49. The Morgan fingerprint density at radius 2 is 2.09 bits per heavy atom. The first kappa shape index (κ1) is 16.7. The summed E-state index contributed by atoms with van der Waals surface area (Å²) in [5.74, 6) is 0.0630. The first-order valence-electron chi connectivity index (χ1n) is 8.05. The minimum Gasteiger partial charge on any atom is -0.491 e. The Morgan fingerprint density at radius 3 is 2.74 bits per heavy atom. The van der Waals surface area contributed by atoms with Gasteiger partial charge in [-0.05, 0) is 50.3 Å². The van der Waals surface area contributed by atoms with E-state index in [1.807, 2.05) is 0 Å². The first-order chi connectivity index (χ1) is 11.0. The van der Waals surface area contributed by atoms with Crippen molar-refractivity contribution in [3.05, 3.63) is 24.0 Å². The van der Waals surface area contributed by atoms with E-state index < -0.39 is 15.8 Å². The Bertz CT molecular complexity index is 660. The molecule has 0 spiro atoms. The number of rotatable bonds is 7. The molecule has 23 heavy (non-hydrogen) atoms. The summed E-state index contributed by atoms with van der Waals surface area (Å²) in [5.41, 5.74) is 0. The lowest BCUT2D eigenvalue weighted by molar-refractivity contribution is 0.0561. The average molecular weight is 343 g/mol. The summed E-state index contributed by atoms with van der Waals surface area (Å²) in [7, 11) is -3.69. The summed E-state index contributed by atoms with van der Waals surface area (Å²) < 4.78 is 51.4. The van der Waals surface area contributed by atoms with Gasteiger partial charge in [0, 0.05) is 19.7 Å². The summed E-state index contributed by atoms with van der Waals surface area (Å²) >= 11 is 0. The van der Waals surface area contributed by atoms with Crippen LogP contribution in [0.15, 0.2) is 23.1 Å². The van der Waals surface area contributed by atoms with Gasteiger partial charge in [0.05, 0.1) is 17.6 Å². The van der Waals surface area contributed by atoms with Gasteiger partial charge in [-0.15, -0.1) is 0 Å². The topological polar surface area (TPSA) is 55.8 Å². The van der Waals surface area contributed by atoms with Crippen LogP contribution in [0.1, 0.15) is 26.2 Å². The van der Waals surface area contributed by atoms with Crippen molar-refractivity contribution in [1.82, 2.24) is 4.31 Å². The van der Waals surface area contributed by atoms with Crippen LogP contribution in [0.5, 0.6) is 5.75 Å². The fourth-order valence-corrected chi connectivity index (χ4v) is 4.17. The highest BCUT2D eigenvalue weighted by atomic mass is 32.2. The molecule has 1 aromatic carbocycles. The molecule has 1 saturated carbocycles. The Morgan fingerprint density at radius 1 is 1.30 bits per heavy atom. The Balaban J connectivity index is 1.67. The molecule has 1 atom stereocenters. The van der Waals surface area contributed by atoms with Crippen LogP contribution in [0, 0.1) is 11.7 Å². The van der Waals surface area contributed by atoms with Gasteiger partial charge in [-0.3, -0.25) is 0 Å². The SMILES string of the molecule is CCOc1ccc(S(=O)(=O)N2CCC(OCC3CC3)C2)cc1F. The summed E-state index contributed by atoms with van der Waals surface area (Å²) in [5, 5.41) is 0. The van der Waals surface area contributed by atoms with Crippen molar-refractivity contribution in [2.75, 3.05) is 26.3 Å². The van der Waals surface area contributed by atoms with E-state index in [0.29, 0.717) is 32.0 Å². The van der Waals surface area contributed by atoms with Gasteiger partial charge in [-0.2, -0.15) is 4.31 Å². The second-order valence-electron chi connectivity index (χ2n) is 6.08. The van der Waals surface area contributed by atoms with E-state index >= 15 is 0 Å². The molecule has 2 aliphatic rings. The van der Waals surface area contributed by atoms with Crippen LogP contribution in [-0.2, 0) is 14.8 Å². The van der Waals surface area contributed by atoms with E-state index in [1.165, 1.54) is 29.3 Å². The molecule has 1 aliphatic heterocycles. The van der Waals surface area contributed by atoms with Gasteiger partial charge < -0.3 is 9.47 Å². The predicted molar refractivity (Wildman–Crippen MR) is 83.4 cm³/mol. The number of nitrogens with zero attached hydrogens (tertiary/aromatic N) is 1. The number of ether oxygens (including phenoxy) is 2. The summed E-state index contributed by atoms with van der Waals surface area (Å²) in [6, 6.07) is 3.78. The van der Waals surface area contributed by atoms with Crippen molar-refractivity contribution in [3.8, 4) is 5.75 Å². The monoisotopic (exact) mass is 343 g/mol. The summed E-state index contributed by atoms with van der Waals surface area (Å²) in [4.78, 5) is -0.0405. The molecule has 0 aromatic heterocycles. The zero-order valence-electron chi connectivity index (χ0n) is 13.2. The standard InChI is InChI=1S/C16H22FNO4S/c1-2-21-16-6-5-14(9-15(16)17)23(19,20)18-8-7-13(10-18)22-11-12-3-4-12/h5-6,9,12-13H,2-4,7-8,10-11H2,1H3. The van der Waals surface area contributed by atoms with Crippen LogP contribution in [0.2, 0.25) is 0 Å². The van der Waals surface area contributed by atoms with Crippen molar-refractivity contribution in [2.45, 2.75) is 37.2 Å². The molecule has 2 fully saturated rings. The highest BCUT2D eigenvalue weighted by Crippen LogP contribution is 2.31. The molecule has 1 heterocycles. The van der Waals surface area contributed by atoms with E-state index in [2.05, 4.69) is 0 Å². The van der Waals surface area contributed by atoms with E-state index in [-0.39, 0.29) is 16.7 Å². The van der Waals surface area contributed by atoms with Crippen LogP contribution in [0.3, 0.4) is 0 Å². The van der Waals surface area contributed by atoms with Gasteiger partial charge in [0.1, 0.15) is 0 Å². The van der Waals surface area contributed by atoms with E-state index in [0.717, 1.165) is 12.7 Å². The molecule has 3 rings (SSSR count). The molecule has 1 saturated heterocycles. The third-order valence-electron chi connectivity index (χ3n) is 4.21. The lowest BCUT2D eigenvalue weighted by atomic mass is 10.3. The fraction of sp³-hybridized carbons (Fsp3) is 0.625. The highest BCUT2D eigenvalue weighted by molar-refractivity contribution is 7.89. The minimum atomic E-state index is -3.69. The molecule has 1 aliphatic carbocycles. The molecular weight excluding hydrogens is 321 g/mol. The van der Waals surface area contributed by atoms with E-state index in [1.54, 1.807) is 6.92 Å². The Hall–Kier alpha value is -1.18. The third-order valence-corrected chi connectivity index (χ3v) is 6.07. The molecule has 0 bridgehead atoms. The molecule has 5 nitrogen and oxygen atoms in total. The lowest BCUT2D eigenvalue weighted by Crippen LogP contribution is -2.30. The maximum atomic E-state index is 13.9. The zero-order chi connectivity index (χ0) is 16.4. The molecule has 0 N–H and O–H groups in total. The Kier molecular flexibility index (Phi) is 4.89. The average Bonchev–Trinajstić information content (AvgIpc) is 3.23. The highest BCUT2D eigenvalue weighted by Gasteiger charge is 2.34. The maximum absolute atomic E-state index is 13.9. The predicted octanol–water partition coefficient (Wildman–Crippen LogP) is 2.41. The smallest absolute Gasteiger partial charge is 0.243 e. The van der Waals surface area contributed by atoms with Gasteiger partial charge >= 0.3 is 0 Å². The third kappa shape index (κ3) is 3.84. The molecule has 0 amide bonds. The molecule has 128 valence electrons. The van der Waals surface area contributed by atoms with Gasteiger partial charge in [-0.25, -0.2) is 12.8 Å². The summed E-state index contributed by atoms with van der Waals surface area (Å²) in [6.45, 7) is 3.54. The maximum Gasteiger partial charge on any atom is 0.243 e. The fourth-order valence-electron chi connectivity index (χ4n) is 2.67. The van der Waals surface area contributed by atoms with E-state index in [9.17, 15) is 12.8 Å². The summed E-state index contributed by atoms with van der Waals surface area (Å²) in [6.07, 6.45) is 3.05. The van der Waals surface area contributed by atoms with Crippen molar-refractivity contribution >= 4 is 10.0 Å². The van der Waals surface area contributed by atoms with Gasteiger partial charge in [0.2, 0.25) is 10.0 Å². The van der Waals surface area contributed by atoms with Crippen LogP contribution in [-0.4, -0.2) is 45.1 Å². The molecule has 1 aromatic rings. The quantitative estimate of drug-likeness (QED) is 0.763. The van der Waals surface area contributed by atoms with Crippen LogP contribution in [0.4, 0.5) is 4.39 Å². The number of hydrogen-bond acceptors (Lipinski definition) is 4. The molecule has 7 heteroatoms. The van der Waals surface area contributed by atoms with Crippen LogP contribution < -0.4 is 4.74 Å². The number of hydrogen-bond donors (Lipinski definition) is 0.